The molecule has 30 heavy (non-hydrogen) atoms. The van der Waals surface area contributed by atoms with E-state index in [0.717, 1.165) is 45.9 Å². The van der Waals surface area contributed by atoms with Gasteiger partial charge in [0.25, 0.3) is 0 Å². The number of rotatable bonds is 7. The lowest BCUT2D eigenvalue weighted by molar-refractivity contribution is -0.139. The number of Topliss-reactive ketones (excluding diaryl/α,β-unsaturated/α-hetero) is 1. The monoisotopic (exact) mass is 469 g/mol. The molecule has 0 fully saturated rings. The number of aromatic nitrogens is 1. The molecule has 1 heterocycles. The van der Waals surface area contributed by atoms with E-state index in [-0.39, 0.29) is 5.56 Å². The van der Waals surface area contributed by atoms with Gasteiger partial charge in [0.2, 0.25) is 5.78 Å². The summed E-state index contributed by atoms with van der Waals surface area (Å²) in [4.78, 5) is 35.2. The van der Waals surface area contributed by atoms with Crippen molar-refractivity contribution >= 4 is 44.9 Å². The molecule has 1 aromatic heterocycles. The van der Waals surface area contributed by atoms with Crippen LogP contribution in [-0.4, -0.2) is 34.3 Å². The molecule has 2 aromatic carbocycles. The maximum atomic E-state index is 12.6. The smallest absolute Gasteiger partial charge is 0.341 e. The summed E-state index contributed by atoms with van der Waals surface area (Å²) in [5.74, 6) is -1.40. The second-order valence-corrected chi connectivity index (χ2v) is 8.25. The third kappa shape index (κ3) is 3.43. The summed E-state index contributed by atoms with van der Waals surface area (Å²) in [5, 5.41) is 9.62. The lowest BCUT2D eigenvalue weighted by Crippen LogP contribution is -2.10. The maximum Gasteiger partial charge on any atom is 0.341 e. The van der Waals surface area contributed by atoms with Gasteiger partial charge in [0.1, 0.15) is 5.75 Å². The third-order valence-corrected chi connectivity index (χ3v) is 6.39. The van der Waals surface area contributed by atoms with Gasteiger partial charge in [-0.15, -0.1) is 0 Å². The number of halogens is 1. The fraction of sp³-hybridized carbons (Fsp3) is 0.261. The number of ether oxygens (including phenoxy) is 1. The Bertz CT molecular complexity index is 1190. The van der Waals surface area contributed by atoms with Crippen LogP contribution in [0.4, 0.5) is 0 Å². The number of ketones is 1. The molecule has 3 aromatic rings. The molecule has 0 bridgehead atoms. The first-order valence-corrected chi connectivity index (χ1v) is 10.5. The first kappa shape index (κ1) is 20.3. The number of hydrogen-bond donors (Lipinski definition) is 1. The molecular formula is C23H20BrNO5. The molecule has 0 aliphatic heterocycles. The highest BCUT2D eigenvalue weighted by atomic mass is 79.9. The highest BCUT2D eigenvalue weighted by Gasteiger charge is 2.28. The van der Waals surface area contributed by atoms with E-state index in [1.807, 2.05) is 41.8 Å². The standard InChI is InChI=1S/C23H20BrNO5/c1-13-21(18(27)11-26)22-19(30-12-20(28)29)9-14-6-4-7-16(14)23(22)25(13)10-15-5-2-3-8-17(15)24/h2-3,5,8-9,11H,4,6-7,10,12H2,1H3,(H,28,29). The lowest BCUT2D eigenvalue weighted by Gasteiger charge is -2.14. The van der Waals surface area contributed by atoms with E-state index in [4.69, 9.17) is 9.84 Å². The van der Waals surface area contributed by atoms with Crippen molar-refractivity contribution in [1.29, 1.82) is 0 Å². The van der Waals surface area contributed by atoms with Gasteiger partial charge in [-0.25, -0.2) is 4.79 Å². The Morgan fingerprint density at radius 2 is 2.03 bits per heavy atom. The van der Waals surface area contributed by atoms with E-state index in [9.17, 15) is 14.4 Å². The maximum absolute atomic E-state index is 12.6. The van der Waals surface area contributed by atoms with Gasteiger partial charge < -0.3 is 14.4 Å². The van der Waals surface area contributed by atoms with Gasteiger partial charge in [-0.1, -0.05) is 34.1 Å². The van der Waals surface area contributed by atoms with Crippen LogP contribution >= 0.6 is 15.9 Å². The number of aldehydes is 1. The Balaban J connectivity index is 2.03. The van der Waals surface area contributed by atoms with Gasteiger partial charge in [-0.3, -0.25) is 9.59 Å². The molecule has 6 nitrogen and oxygen atoms in total. The van der Waals surface area contributed by atoms with Crippen molar-refractivity contribution in [2.45, 2.75) is 32.7 Å². The van der Waals surface area contributed by atoms with E-state index in [0.29, 0.717) is 29.7 Å². The van der Waals surface area contributed by atoms with Crippen molar-refractivity contribution in [2.75, 3.05) is 6.61 Å². The number of carboxylic acid groups (broad SMARTS) is 1. The Morgan fingerprint density at radius 1 is 1.27 bits per heavy atom. The molecular weight excluding hydrogens is 450 g/mol. The van der Waals surface area contributed by atoms with Crippen molar-refractivity contribution in [2.24, 2.45) is 0 Å². The van der Waals surface area contributed by atoms with Crippen LogP contribution < -0.4 is 4.74 Å². The van der Waals surface area contributed by atoms with Crippen LogP contribution in [0.3, 0.4) is 0 Å². The van der Waals surface area contributed by atoms with Crippen LogP contribution in [0, 0.1) is 6.92 Å². The van der Waals surface area contributed by atoms with Crippen LogP contribution in [0.15, 0.2) is 34.8 Å². The molecule has 1 aliphatic carbocycles. The zero-order chi connectivity index (χ0) is 21.4. The molecule has 0 amide bonds. The Labute approximate surface area is 181 Å². The summed E-state index contributed by atoms with van der Waals surface area (Å²) in [5.41, 5.74) is 5.06. The topological polar surface area (TPSA) is 85.6 Å². The van der Waals surface area contributed by atoms with E-state index >= 15 is 0 Å². The van der Waals surface area contributed by atoms with Gasteiger partial charge in [0, 0.05) is 16.7 Å². The number of carbonyl (C=O) groups is 3. The number of hydrogen-bond acceptors (Lipinski definition) is 4. The summed E-state index contributed by atoms with van der Waals surface area (Å²) in [6.07, 6.45) is 3.01. The Morgan fingerprint density at radius 3 is 2.73 bits per heavy atom. The number of carboxylic acids is 1. The predicted molar refractivity (Wildman–Crippen MR) is 115 cm³/mol. The van der Waals surface area contributed by atoms with Gasteiger partial charge in [-0.05, 0) is 55.0 Å². The zero-order valence-corrected chi connectivity index (χ0v) is 18.0. The molecule has 0 saturated heterocycles. The minimum atomic E-state index is -1.10. The number of carbonyl (C=O) groups excluding carboxylic acids is 2. The molecule has 0 spiro atoms. The molecule has 0 saturated carbocycles. The Kier molecular flexibility index (Phi) is 5.47. The molecule has 7 heteroatoms. The molecule has 1 N–H and O–H groups in total. The van der Waals surface area contributed by atoms with E-state index in [1.165, 1.54) is 0 Å². The number of benzene rings is 2. The molecule has 0 radical (unpaired) electrons. The zero-order valence-electron chi connectivity index (χ0n) is 16.4. The number of aryl methyl sites for hydroxylation is 2. The van der Waals surface area contributed by atoms with Crippen LogP contribution in [0.2, 0.25) is 0 Å². The van der Waals surface area contributed by atoms with E-state index in [1.54, 1.807) is 0 Å². The van der Waals surface area contributed by atoms with Gasteiger partial charge >= 0.3 is 5.97 Å². The van der Waals surface area contributed by atoms with Crippen LogP contribution in [0.1, 0.15) is 39.2 Å². The molecule has 0 atom stereocenters. The summed E-state index contributed by atoms with van der Waals surface area (Å²) in [6, 6.07) is 9.67. The summed E-state index contributed by atoms with van der Waals surface area (Å²) in [6.45, 7) is 1.80. The molecule has 154 valence electrons. The van der Waals surface area contributed by atoms with Gasteiger partial charge in [-0.2, -0.15) is 0 Å². The van der Waals surface area contributed by atoms with Gasteiger partial charge in [0.15, 0.2) is 12.9 Å². The summed E-state index contributed by atoms with van der Waals surface area (Å²) >= 11 is 3.58. The number of nitrogens with zero attached hydrogens (tertiary/aromatic N) is 1. The van der Waals surface area contributed by atoms with Crippen molar-refractivity contribution in [1.82, 2.24) is 4.57 Å². The SMILES string of the molecule is Cc1c(C(=O)C=O)c2c(OCC(=O)O)cc3c(c2n1Cc1ccccc1Br)CCC3. The van der Waals surface area contributed by atoms with Crippen molar-refractivity contribution in [3.05, 3.63) is 62.8 Å². The second-order valence-electron chi connectivity index (χ2n) is 7.39. The van der Waals surface area contributed by atoms with E-state index < -0.39 is 18.4 Å². The molecule has 1 aliphatic rings. The summed E-state index contributed by atoms with van der Waals surface area (Å²) in [7, 11) is 0. The second kappa shape index (κ2) is 8.07. The normalized spacial score (nSPS) is 12.7. The highest BCUT2D eigenvalue weighted by Crippen LogP contribution is 2.41. The average Bonchev–Trinajstić information content (AvgIpc) is 3.30. The van der Waals surface area contributed by atoms with E-state index in [2.05, 4.69) is 15.9 Å². The molecule has 0 unspecified atom stereocenters. The lowest BCUT2D eigenvalue weighted by atomic mass is 10.0. The fourth-order valence-corrected chi connectivity index (χ4v) is 4.74. The van der Waals surface area contributed by atoms with Crippen molar-refractivity contribution in [3.63, 3.8) is 0 Å². The van der Waals surface area contributed by atoms with Crippen LogP contribution in [0.25, 0.3) is 10.9 Å². The highest BCUT2D eigenvalue weighted by molar-refractivity contribution is 9.10. The van der Waals surface area contributed by atoms with Crippen molar-refractivity contribution in [3.8, 4) is 5.75 Å². The number of aliphatic carboxylic acids is 1. The van der Waals surface area contributed by atoms with Crippen LogP contribution in [0.5, 0.6) is 5.75 Å². The van der Waals surface area contributed by atoms with Gasteiger partial charge in [0.05, 0.1) is 16.5 Å². The minimum Gasteiger partial charge on any atom is -0.481 e. The third-order valence-electron chi connectivity index (χ3n) is 5.61. The summed E-state index contributed by atoms with van der Waals surface area (Å²) < 4.78 is 8.59. The number of fused-ring (bicyclic) bond motifs is 3. The quantitative estimate of drug-likeness (QED) is 0.319. The average molecular weight is 470 g/mol. The molecule has 4 rings (SSSR count). The minimum absolute atomic E-state index is 0.280. The Hall–Kier alpha value is -2.93. The first-order chi connectivity index (χ1) is 14.4. The van der Waals surface area contributed by atoms with Crippen LogP contribution in [-0.2, 0) is 29.0 Å². The predicted octanol–water partition coefficient (Wildman–Crippen LogP) is 4.09. The van der Waals surface area contributed by atoms with Crippen molar-refractivity contribution < 1.29 is 24.2 Å². The fourth-order valence-electron chi connectivity index (χ4n) is 4.33. The largest absolute Gasteiger partial charge is 0.481 e. The first-order valence-electron chi connectivity index (χ1n) is 9.67.